The average Bonchev–Trinajstić information content (AvgIpc) is 3.14. The molecule has 0 spiro atoms. The van der Waals surface area contributed by atoms with E-state index >= 15 is 0 Å². The number of ether oxygens (including phenoxy) is 2. The molecule has 3 aromatic rings. The van der Waals surface area contributed by atoms with Gasteiger partial charge in [-0.2, -0.15) is 0 Å². The Kier molecular flexibility index (Phi) is 5.87. The molecule has 1 aliphatic rings. The molecule has 1 fully saturated rings. The molecular formula is C22H24O6S. The van der Waals surface area contributed by atoms with Crippen LogP contribution in [0.5, 0.6) is 5.75 Å². The maximum Gasteiger partial charge on any atom is 0.122 e. The molecule has 2 aromatic carbocycles. The molecule has 1 saturated heterocycles. The topological polar surface area (TPSA) is 99.4 Å². The van der Waals surface area contributed by atoms with Gasteiger partial charge in [0, 0.05) is 16.0 Å². The van der Waals surface area contributed by atoms with Crippen LogP contribution in [0.2, 0.25) is 0 Å². The Morgan fingerprint density at radius 1 is 1.00 bits per heavy atom. The van der Waals surface area contributed by atoms with Crippen molar-refractivity contribution in [3.05, 3.63) is 64.5 Å². The van der Waals surface area contributed by atoms with Gasteiger partial charge in [0.05, 0.1) is 13.7 Å². The molecule has 1 aliphatic heterocycles. The lowest BCUT2D eigenvalue weighted by molar-refractivity contribution is -0.231. The highest BCUT2D eigenvalue weighted by Gasteiger charge is 2.44. The summed E-state index contributed by atoms with van der Waals surface area (Å²) in [5, 5.41) is 41.2. The van der Waals surface area contributed by atoms with E-state index in [9.17, 15) is 20.4 Å². The van der Waals surface area contributed by atoms with Crippen LogP contribution in [-0.2, 0) is 11.2 Å². The van der Waals surface area contributed by atoms with Crippen molar-refractivity contribution < 1.29 is 29.9 Å². The number of rotatable bonds is 5. The van der Waals surface area contributed by atoms with E-state index in [4.69, 9.17) is 9.47 Å². The van der Waals surface area contributed by atoms with Crippen molar-refractivity contribution in [1.82, 2.24) is 0 Å². The Hall–Kier alpha value is -2.00. The summed E-state index contributed by atoms with van der Waals surface area (Å²) in [5.74, 6) is 0.718. The number of benzene rings is 2. The molecule has 0 aliphatic carbocycles. The Balaban J connectivity index is 1.65. The summed E-state index contributed by atoms with van der Waals surface area (Å²) in [7, 11) is 1.61. The lowest BCUT2D eigenvalue weighted by Crippen LogP contribution is -2.55. The molecule has 6 nitrogen and oxygen atoms in total. The summed E-state index contributed by atoms with van der Waals surface area (Å²) in [4.78, 5) is 1.18. The fourth-order valence-corrected chi connectivity index (χ4v) is 4.89. The molecule has 154 valence electrons. The summed E-state index contributed by atoms with van der Waals surface area (Å²) < 4.78 is 12.4. The molecule has 5 atom stereocenters. The quantitative estimate of drug-likeness (QED) is 0.508. The van der Waals surface area contributed by atoms with E-state index in [0.717, 1.165) is 11.3 Å². The van der Waals surface area contributed by atoms with Gasteiger partial charge in [-0.25, -0.2) is 0 Å². The SMILES string of the molecule is COc1ccc([C@@H]2O[C@H](CO)[C@@H](O)[C@H](O)[C@H]2O)cc1Cc1cc2ccccc2s1. The third-order valence-corrected chi connectivity index (χ3v) is 6.48. The average molecular weight is 416 g/mol. The van der Waals surface area contributed by atoms with Crippen LogP contribution in [0.4, 0.5) is 0 Å². The highest BCUT2D eigenvalue weighted by Crippen LogP contribution is 2.36. The fourth-order valence-electron chi connectivity index (χ4n) is 3.80. The second-order valence-corrected chi connectivity index (χ2v) is 8.42. The largest absolute Gasteiger partial charge is 0.496 e. The number of hydrogen-bond acceptors (Lipinski definition) is 7. The normalized spacial score (nSPS) is 27.3. The number of aliphatic hydroxyl groups excluding tert-OH is 4. The van der Waals surface area contributed by atoms with Crippen LogP contribution in [-0.4, -0.2) is 58.6 Å². The van der Waals surface area contributed by atoms with Crippen molar-refractivity contribution >= 4 is 21.4 Å². The molecule has 2 heterocycles. The van der Waals surface area contributed by atoms with Gasteiger partial charge >= 0.3 is 0 Å². The van der Waals surface area contributed by atoms with Crippen molar-refractivity contribution in [2.75, 3.05) is 13.7 Å². The van der Waals surface area contributed by atoms with Gasteiger partial charge in [0.2, 0.25) is 0 Å². The predicted octanol–water partition coefficient (Wildman–Crippen LogP) is 2.02. The zero-order valence-electron chi connectivity index (χ0n) is 15.9. The number of hydrogen-bond donors (Lipinski definition) is 4. The maximum atomic E-state index is 10.4. The van der Waals surface area contributed by atoms with Gasteiger partial charge in [0.25, 0.3) is 0 Å². The molecule has 4 N–H and O–H groups in total. The second kappa shape index (κ2) is 8.39. The van der Waals surface area contributed by atoms with Crippen LogP contribution in [0.25, 0.3) is 10.1 Å². The number of thiophene rings is 1. The van der Waals surface area contributed by atoms with Crippen molar-refractivity contribution in [2.45, 2.75) is 36.9 Å². The van der Waals surface area contributed by atoms with Crippen molar-refractivity contribution in [3.63, 3.8) is 0 Å². The highest BCUT2D eigenvalue weighted by atomic mass is 32.1. The van der Waals surface area contributed by atoms with E-state index in [-0.39, 0.29) is 0 Å². The third-order valence-electron chi connectivity index (χ3n) is 5.37. The fraction of sp³-hybridized carbons (Fsp3) is 0.364. The minimum absolute atomic E-state index is 0.452. The summed E-state index contributed by atoms with van der Waals surface area (Å²) in [5.41, 5.74) is 1.58. The summed E-state index contributed by atoms with van der Waals surface area (Å²) in [6.07, 6.45) is -5.24. The monoisotopic (exact) mass is 416 g/mol. The van der Waals surface area contributed by atoms with Crippen molar-refractivity contribution in [2.24, 2.45) is 0 Å². The summed E-state index contributed by atoms with van der Waals surface area (Å²) in [6, 6.07) is 15.8. The molecule has 0 bridgehead atoms. The van der Waals surface area contributed by atoms with Crippen molar-refractivity contribution in [1.29, 1.82) is 0 Å². The van der Waals surface area contributed by atoms with Crippen LogP contribution in [0.15, 0.2) is 48.5 Å². The minimum Gasteiger partial charge on any atom is -0.496 e. The van der Waals surface area contributed by atoms with Crippen LogP contribution < -0.4 is 4.74 Å². The molecule has 29 heavy (non-hydrogen) atoms. The maximum absolute atomic E-state index is 10.4. The summed E-state index contributed by atoms with van der Waals surface area (Å²) in [6.45, 7) is -0.452. The van der Waals surface area contributed by atoms with Crippen molar-refractivity contribution in [3.8, 4) is 5.75 Å². The highest BCUT2D eigenvalue weighted by molar-refractivity contribution is 7.19. The lowest BCUT2D eigenvalue weighted by atomic mass is 9.90. The van der Waals surface area contributed by atoms with Crippen LogP contribution in [0.3, 0.4) is 0 Å². The van der Waals surface area contributed by atoms with E-state index in [1.807, 2.05) is 18.2 Å². The number of aliphatic hydroxyl groups is 4. The lowest BCUT2D eigenvalue weighted by Gasteiger charge is -2.40. The van der Waals surface area contributed by atoms with Gasteiger partial charge < -0.3 is 29.9 Å². The van der Waals surface area contributed by atoms with Gasteiger partial charge in [-0.3, -0.25) is 0 Å². The van der Waals surface area contributed by atoms with Gasteiger partial charge in [0.15, 0.2) is 0 Å². The Labute approximate surface area is 172 Å². The zero-order valence-corrected chi connectivity index (χ0v) is 16.7. The second-order valence-electron chi connectivity index (χ2n) is 7.25. The Morgan fingerprint density at radius 3 is 2.52 bits per heavy atom. The first-order valence-corrected chi connectivity index (χ1v) is 10.3. The minimum atomic E-state index is -1.40. The van der Waals surface area contributed by atoms with E-state index < -0.39 is 37.1 Å². The third kappa shape index (κ3) is 3.90. The molecule has 0 radical (unpaired) electrons. The first-order valence-electron chi connectivity index (χ1n) is 9.46. The van der Waals surface area contributed by atoms with Crippen LogP contribution in [0, 0.1) is 0 Å². The zero-order chi connectivity index (χ0) is 20.5. The Morgan fingerprint density at radius 2 is 1.79 bits per heavy atom. The summed E-state index contributed by atoms with van der Waals surface area (Å²) >= 11 is 1.72. The van der Waals surface area contributed by atoms with Gasteiger partial charge in [-0.15, -0.1) is 11.3 Å². The van der Waals surface area contributed by atoms with Gasteiger partial charge in [-0.1, -0.05) is 24.3 Å². The first kappa shape index (κ1) is 20.3. The molecular weight excluding hydrogens is 392 g/mol. The predicted molar refractivity (Wildman–Crippen MR) is 110 cm³/mol. The molecule has 1 aromatic heterocycles. The van der Waals surface area contributed by atoms with Gasteiger partial charge in [-0.05, 0) is 40.8 Å². The molecule has 0 unspecified atom stereocenters. The first-order chi connectivity index (χ1) is 14.0. The number of fused-ring (bicyclic) bond motifs is 1. The van der Waals surface area contributed by atoms with E-state index in [1.54, 1.807) is 30.6 Å². The molecule has 4 rings (SSSR count). The molecule has 7 heteroatoms. The molecule has 0 amide bonds. The van der Waals surface area contributed by atoms with Crippen LogP contribution in [0.1, 0.15) is 22.1 Å². The number of methoxy groups -OCH3 is 1. The van der Waals surface area contributed by atoms with E-state index in [0.29, 0.717) is 12.0 Å². The Bertz CT molecular complexity index is 951. The van der Waals surface area contributed by atoms with E-state index in [2.05, 4.69) is 18.2 Å². The van der Waals surface area contributed by atoms with E-state index in [1.165, 1.54) is 15.0 Å². The standard InChI is InChI=1S/C22H24O6S/c1-27-16-7-6-13(22-21(26)20(25)19(24)17(11-23)28-22)8-14(16)10-15-9-12-4-2-3-5-18(12)29-15/h2-9,17,19-26H,10-11H2,1H3/t17-,19-,20+,21-,22+/m1/s1. The van der Waals surface area contributed by atoms with Gasteiger partial charge in [0.1, 0.15) is 36.3 Å². The smallest absolute Gasteiger partial charge is 0.122 e. The molecule has 0 saturated carbocycles. The van der Waals surface area contributed by atoms with Crippen LogP contribution >= 0.6 is 11.3 Å².